The van der Waals surface area contributed by atoms with Crippen molar-refractivity contribution in [1.29, 1.82) is 5.26 Å². The lowest BCUT2D eigenvalue weighted by Crippen LogP contribution is -2.14. The van der Waals surface area contributed by atoms with Crippen LogP contribution >= 0.6 is 0 Å². The van der Waals surface area contributed by atoms with Crippen molar-refractivity contribution in [2.24, 2.45) is 0 Å². The number of benzene rings is 4. The predicted molar refractivity (Wildman–Crippen MR) is 133 cm³/mol. The molecule has 4 rings (SSSR count). The summed E-state index contributed by atoms with van der Waals surface area (Å²) < 4.78 is 5.91. The molecule has 0 radical (unpaired) electrons. The third-order valence-electron chi connectivity index (χ3n) is 5.42. The van der Waals surface area contributed by atoms with Gasteiger partial charge in [-0.1, -0.05) is 60.7 Å². The first kappa shape index (κ1) is 21.9. The van der Waals surface area contributed by atoms with Crippen LogP contribution in [0.5, 0.6) is 5.75 Å². The minimum atomic E-state index is -0.428. The van der Waals surface area contributed by atoms with Gasteiger partial charge in [0.2, 0.25) is 0 Å². The molecule has 1 amide bonds. The third-order valence-corrected chi connectivity index (χ3v) is 5.42. The topological polar surface area (TPSA) is 62.1 Å². The van der Waals surface area contributed by atoms with Crippen LogP contribution < -0.4 is 10.1 Å². The summed E-state index contributed by atoms with van der Waals surface area (Å²) in [7, 11) is 0. The lowest BCUT2D eigenvalue weighted by Gasteiger charge is -2.09. The van der Waals surface area contributed by atoms with Crippen LogP contribution in [0.3, 0.4) is 0 Å². The Morgan fingerprint density at radius 1 is 0.939 bits per heavy atom. The van der Waals surface area contributed by atoms with Crippen LogP contribution in [0.4, 0.5) is 5.69 Å². The van der Waals surface area contributed by atoms with Crippen molar-refractivity contribution in [2.45, 2.75) is 20.5 Å². The highest BCUT2D eigenvalue weighted by Gasteiger charge is 2.11. The minimum absolute atomic E-state index is 0.0424. The van der Waals surface area contributed by atoms with E-state index < -0.39 is 5.91 Å². The van der Waals surface area contributed by atoms with Crippen molar-refractivity contribution in [3.05, 3.63) is 113 Å². The van der Waals surface area contributed by atoms with Crippen LogP contribution in [0.1, 0.15) is 22.3 Å². The van der Waals surface area contributed by atoms with Crippen LogP contribution in [0.2, 0.25) is 0 Å². The number of nitrogens with zero attached hydrogens (tertiary/aromatic N) is 1. The molecule has 4 heteroatoms. The highest BCUT2D eigenvalue weighted by atomic mass is 16.5. The molecular formula is C29H24N2O2. The van der Waals surface area contributed by atoms with Crippen LogP contribution in [0.15, 0.2) is 90.5 Å². The normalized spacial score (nSPS) is 11.1. The number of hydrogen-bond donors (Lipinski definition) is 1. The molecular weight excluding hydrogens is 408 g/mol. The summed E-state index contributed by atoms with van der Waals surface area (Å²) in [5.74, 6) is 0.293. The van der Waals surface area contributed by atoms with Crippen LogP contribution in [0, 0.1) is 25.2 Å². The Bertz CT molecular complexity index is 1380. The summed E-state index contributed by atoms with van der Waals surface area (Å²) in [6, 6.07) is 29.7. The molecule has 0 aliphatic heterocycles. The van der Waals surface area contributed by atoms with E-state index in [1.807, 2.05) is 74.5 Å². The summed E-state index contributed by atoms with van der Waals surface area (Å²) >= 11 is 0. The van der Waals surface area contributed by atoms with Crippen LogP contribution in [0.25, 0.3) is 16.8 Å². The first-order chi connectivity index (χ1) is 16.0. The maximum absolute atomic E-state index is 12.6. The summed E-state index contributed by atoms with van der Waals surface area (Å²) in [4.78, 5) is 12.6. The molecule has 0 bridgehead atoms. The molecule has 0 heterocycles. The van der Waals surface area contributed by atoms with E-state index in [0.717, 1.165) is 28.0 Å². The number of hydrogen-bond acceptors (Lipinski definition) is 3. The number of rotatable bonds is 6. The largest absolute Gasteiger partial charge is 0.489 e. The monoisotopic (exact) mass is 432 g/mol. The molecule has 162 valence electrons. The van der Waals surface area contributed by atoms with Crippen molar-refractivity contribution in [1.82, 2.24) is 0 Å². The minimum Gasteiger partial charge on any atom is -0.489 e. The van der Waals surface area contributed by atoms with E-state index >= 15 is 0 Å². The lowest BCUT2D eigenvalue weighted by atomic mass is 10.1. The van der Waals surface area contributed by atoms with Crippen molar-refractivity contribution in [2.75, 3.05) is 5.32 Å². The van der Waals surface area contributed by atoms with Gasteiger partial charge in [0.25, 0.3) is 5.91 Å². The quantitative estimate of drug-likeness (QED) is 0.276. The fraction of sp³-hybridized carbons (Fsp3) is 0.103. The summed E-state index contributed by atoms with van der Waals surface area (Å²) in [6.45, 7) is 4.34. The summed E-state index contributed by atoms with van der Waals surface area (Å²) in [6.07, 6.45) is 1.58. The second kappa shape index (κ2) is 9.84. The molecule has 4 nitrogen and oxygen atoms in total. The van der Waals surface area contributed by atoms with Gasteiger partial charge in [-0.3, -0.25) is 4.79 Å². The zero-order valence-electron chi connectivity index (χ0n) is 18.6. The molecule has 0 unspecified atom stereocenters. The first-order valence-corrected chi connectivity index (χ1v) is 10.7. The molecule has 0 spiro atoms. The Balaban J connectivity index is 1.42. The van der Waals surface area contributed by atoms with Gasteiger partial charge < -0.3 is 10.1 Å². The van der Waals surface area contributed by atoms with Crippen molar-refractivity contribution in [3.8, 4) is 11.8 Å². The number of amides is 1. The number of anilines is 1. The lowest BCUT2D eigenvalue weighted by molar-refractivity contribution is -0.112. The fourth-order valence-electron chi connectivity index (χ4n) is 3.53. The number of aryl methyl sites for hydroxylation is 2. The van der Waals surface area contributed by atoms with E-state index in [2.05, 4.69) is 35.6 Å². The molecule has 1 N–H and O–H groups in total. The number of fused-ring (bicyclic) bond motifs is 1. The Morgan fingerprint density at radius 2 is 1.70 bits per heavy atom. The zero-order chi connectivity index (χ0) is 23.2. The SMILES string of the molecule is Cc1ccc(C)c(NC(=O)/C(C#N)=C/c2ccc(OCc3ccc4ccccc4c3)cc2)c1. The first-order valence-electron chi connectivity index (χ1n) is 10.7. The van der Waals surface area contributed by atoms with Gasteiger partial charge in [-0.15, -0.1) is 0 Å². The molecule has 0 aromatic heterocycles. The molecule has 0 aliphatic carbocycles. The molecule has 0 aliphatic rings. The number of nitriles is 1. The molecule has 33 heavy (non-hydrogen) atoms. The number of carbonyl (C=O) groups is 1. The summed E-state index contributed by atoms with van der Waals surface area (Å²) in [5.41, 5.74) is 4.57. The van der Waals surface area contributed by atoms with Gasteiger partial charge >= 0.3 is 0 Å². The van der Waals surface area contributed by atoms with Crippen molar-refractivity contribution >= 4 is 28.4 Å². The maximum atomic E-state index is 12.6. The van der Waals surface area contributed by atoms with Gasteiger partial charge in [-0.25, -0.2) is 0 Å². The van der Waals surface area contributed by atoms with Gasteiger partial charge in [0, 0.05) is 5.69 Å². The van der Waals surface area contributed by atoms with Crippen molar-refractivity contribution in [3.63, 3.8) is 0 Å². The van der Waals surface area contributed by atoms with Gasteiger partial charge in [0.05, 0.1) is 0 Å². The Labute approximate surface area is 193 Å². The smallest absolute Gasteiger partial charge is 0.266 e. The average Bonchev–Trinajstić information content (AvgIpc) is 2.84. The van der Waals surface area contributed by atoms with E-state index in [9.17, 15) is 10.1 Å². The number of ether oxygens (including phenoxy) is 1. The van der Waals surface area contributed by atoms with Crippen LogP contribution in [-0.2, 0) is 11.4 Å². The molecule has 0 saturated heterocycles. The molecule has 4 aromatic rings. The second-order valence-electron chi connectivity index (χ2n) is 7.98. The Morgan fingerprint density at radius 3 is 2.45 bits per heavy atom. The molecule has 0 atom stereocenters. The Hall–Kier alpha value is -4.36. The fourth-order valence-corrected chi connectivity index (χ4v) is 3.53. The third kappa shape index (κ3) is 5.47. The number of carbonyl (C=O) groups excluding carboxylic acids is 1. The standard InChI is InChI=1S/C29H24N2O2/c1-20-7-8-21(2)28(15-20)31-29(32)26(18-30)16-22-10-13-27(14-11-22)33-19-23-9-12-24-5-3-4-6-25(24)17-23/h3-17H,19H2,1-2H3,(H,31,32)/b26-16+. The van der Waals surface area contributed by atoms with Gasteiger partial charge in [0.15, 0.2) is 0 Å². The highest BCUT2D eigenvalue weighted by Crippen LogP contribution is 2.20. The zero-order valence-corrected chi connectivity index (χ0v) is 18.6. The van der Waals surface area contributed by atoms with Gasteiger partial charge in [-0.2, -0.15) is 5.26 Å². The van der Waals surface area contributed by atoms with Gasteiger partial charge in [-0.05, 0) is 77.2 Å². The van der Waals surface area contributed by atoms with E-state index in [4.69, 9.17) is 4.74 Å². The van der Waals surface area contributed by atoms with E-state index in [0.29, 0.717) is 12.3 Å². The average molecular weight is 433 g/mol. The van der Waals surface area contributed by atoms with E-state index in [1.165, 1.54) is 10.8 Å². The maximum Gasteiger partial charge on any atom is 0.266 e. The molecule has 4 aromatic carbocycles. The van der Waals surface area contributed by atoms with E-state index in [-0.39, 0.29) is 5.57 Å². The number of nitrogens with one attached hydrogen (secondary N) is 1. The van der Waals surface area contributed by atoms with E-state index in [1.54, 1.807) is 6.08 Å². The van der Waals surface area contributed by atoms with Crippen molar-refractivity contribution < 1.29 is 9.53 Å². The predicted octanol–water partition coefficient (Wildman–Crippen LogP) is 6.58. The highest BCUT2D eigenvalue weighted by molar-refractivity contribution is 6.10. The summed E-state index contributed by atoms with van der Waals surface area (Å²) in [5, 5.41) is 14.7. The second-order valence-corrected chi connectivity index (χ2v) is 7.98. The Kier molecular flexibility index (Phi) is 6.52. The molecule has 0 saturated carbocycles. The van der Waals surface area contributed by atoms with Gasteiger partial charge in [0.1, 0.15) is 24.0 Å². The van der Waals surface area contributed by atoms with Crippen LogP contribution in [-0.4, -0.2) is 5.91 Å². The molecule has 0 fully saturated rings.